The molecule has 1 unspecified atom stereocenters. The highest BCUT2D eigenvalue weighted by atomic mass is 32.5. The van der Waals surface area contributed by atoms with Crippen molar-refractivity contribution in [2.45, 2.75) is 50.2 Å². The molecule has 5 nitrogen and oxygen atoms in total. The summed E-state index contributed by atoms with van der Waals surface area (Å²) in [7, 11) is -9.74. The number of hydrogen-bond donors (Lipinski definition) is 2. The lowest BCUT2D eigenvalue weighted by Crippen LogP contribution is -2.43. The second-order valence-electron chi connectivity index (χ2n) is 6.69. The fourth-order valence-electron chi connectivity index (χ4n) is 1.93. The topological polar surface area (TPSA) is 75.6 Å². The van der Waals surface area contributed by atoms with Gasteiger partial charge in [0.2, 0.25) is 0 Å². The Morgan fingerprint density at radius 3 is 2.00 bits per heavy atom. The number of carbonyl (C=O) groups excluding carboxylic acids is 1. The van der Waals surface area contributed by atoms with Gasteiger partial charge < -0.3 is 15.2 Å². The zero-order chi connectivity index (χ0) is 20.5. The molecule has 0 saturated heterocycles. The Morgan fingerprint density at radius 2 is 1.62 bits per heavy atom. The zero-order valence-corrected chi connectivity index (χ0v) is 15.1. The maximum Gasteiger partial charge on any atom is 0.408 e. The van der Waals surface area contributed by atoms with Crippen LogP contribution in [-0.2, 0) is 16.0 Å². The third-order valence-electron chi connectivity index (χ3n) is 3.08. The van der Waals surface area contributed by atoms with Crippen molar-refractivity contribution in [1.29, 1.82) is 0 Å². The normalized spacial score (nSPS) is 16.2. The van der Waals surface area contributed by atoms with E-state index in [1.807, 2.05) is 0 Å². The molecule has 1 aromatic carbocycles. The predicted octanol–water partition coefficient (Wildman–Crippen LogP) is 5.25. The molecule has 0 radical (unpaired) electrons. The first-order valence-electron chi connectivity index (χ1n) is 7.43. The van der Waals surface area contributed by atoms with Crippen molar-refractivity contribution in [1.82, 2.24) is 5.32 Å². The summed E-state index contributed by atoms with van der Waals surface area (Å²) in [5, 5.41) is 11.2. The van der Waals surface area contributed by atoms with Gasteiger partial charge in [-0.1, -0.05) is 31.6 Å². The van der Waals surface area contributed by atoms with Crippen molar-refractivity contribution >= 4 is 22.3 Å². The number of aryl methyl sites for hydroxylation is 1. The van der Waals surface area contributed by atoms with Crippen LogP contribution in [0.15, 0.2) is 29.2 Å². The molecule has 0 saturated carbocycles. The van der Waals surface area contributed by atoms with Crippen molar-refractivity contribution in [2.75, 3.05) is 0 Å². The molecule has 0 spiro atoms. The average Bonchev–Trinajstić information content (AvgIpc) is 2.39. The van der Waals surface area contributed by atoms with Crippen LogP contribution in [0.4, 0.5) is 24.2 Å². The molecule has 26 heavy (non-hydrogen) atoms. The van der Waals surface area contributed by atoms with Crippen LogP contribution in [0, 0.1) is 0 Å². The molecule has 1 aromatic rings. The van der Waals surface area contributed by atoms with Gasteiger partial charge in [0, 0.05) is 0 Å². The lowest BCUT2D eigenvalue weighted by Gasteiger charge is -2.40. The number of carboxylic acids is 1. The number of nitrogens with one attached hydrogen (secondary N) is 1. The maximum atomic E-state index is 12.6. The monoisotopic (exact) mass is 405 g/mol. The van der Waals surface area contributed by atoms with Crippen LogP contribution < -0.4 is 5.32 Å². The Labute approximate surface area is 147 Å². The summed E-state index contributed by atoms with van der Waals surface area (Å²) < 4.78 is 68.1. The minimum Gasteiger partial charge on any atom is -0.480 e. The SMILES string of the molecule is CC(C)(C)OC(=O)NC(CCc1ccc(S(F)(F)(F)(F)F)cc1)C(=O)O. The van der Waals surface area contributed by atoms with E-state index in [9.17, 15) is 29.0 Å². The van der Waals surface area contributed by atoms with Crippen molar-refractivity contribution in [2.24, 2.45) is 0 Å². The molecule has 0 bridgehead atoms. The van der Waals surface area contributed by atoms with Gasteiger partial charge in [0.15, 0.2) is 0 Å². The third-order valence-corrected chi connectivity index (χ3v) is 4.24. The van der Waals surface area contributed by atoms with E-state index < -0.39 is 38.8 Å². The first-order valence-corrected chi connectivity index (χ1v) is 9.38. The van der Waals surface area contributed by atoms with Gasteiger partial charge in [0.05, 0.1) is 0 Å². The van der Waals surface area contributed by atoms with E-state index in [0.717, 1.165) is 12.1 Å². The van der Waals surface area contributed by atoms with Gasteiger partial charge in [-0.3, -0.25) is 0 Å². The number of aliphatic carboxylic acids is 1. The Hall–Kier alpha value is -2.04. The predicted molar refractivity (Wildman–Crippen MR) is 87.0 cm³/mol. The Kier molecular flexibility index (Phi) is 5.32. The van der Waals surface area contributed by atoms with Gasteiger partial charge in [-0.25, -0.2) is 9.59 Å². The van der Waals surface area contributed by atoms with Crippen LogP contribution in [0.3, 0.4) is 0 Å². The van der Waals surface area contributed by atoms with E-state index in [0.29, 0.717) is 0 Å². The number of carbonyl (C=O) groups is 2. The summed E-state index contributed by atoms with van der Waals surface area (Å²) >= 11 is 0. The minimum atomic E-state index is -9.74. The van der Waals surface area contributed by atoms with Gasteiger partial charge >= 0.3 is 22.3 Å². The maximum absolute atomic E-state index is 12.6. The van der Waals surface area contributed by atoms with Crippen molar-refractivity contribution < 1.29 is 38.9 Å². The van der Waals surface area contributed by atoms with Crippen LogP contribution in [0.25, 0.3) is 0 Å². The number of carboxylic acid groups (broad SMARTS) is 1. The highest BCUT2D eigenvalue weighted by Gasteiger charge is 2.65. The number of hydrogen-bond acceptors (Lipinski definition) is 3. The van der Waals surface area contributed by atoms with Crippen LogP contribution in [0.1, 0.15) is 32.8 Å². The van der Waals surface area contributed by atoms with E-state index in [1.165, 1.54) is 0 Å². The van der Waals surface area contributed by atoms with E-state index in [-0.39, 0.29) is 30.5 Å². The van der Waals surface area contributed by atoms with Gasteiger partial charge in [-0.05, 0) is 51.3 Å². The number of alkyl carbamates (subject to hydrolysis) is 1. The highest BCUT2D eigenvalue weighted by Crippen LogP contribution is 3.02. The van der Waals surface area contributed by atoms with Gasteiger partial charge in [-0.15, -0.1) is 0 Å². The van der Waals surface area contributed by atoms with Crippen molar-refractivity contribution in [3.63, 3.8) is 0 Å². The number of rotatable bonds is 6. The number of halogens is 5. The molecule has 1 atom stereocenters. The summed E-state index contributed by atoms with van der Waals surface area (Å²) in [6, 6.07) is 0.862. The molecular weight excluding hydrogens is 385 g/mol. The summed E-state index contributed by atoms with van der Waals surface area (Å²) in [5.41, 5.74) is -0.623. The lowest BCUT2D eigenvalue weighted by molar-refractivity contribution is -0.139. The van der Waals surface area contributed by atoms with Gasteiger partial charge in [0.25, 0.3) is 0 Å². The average molecular weight is 405 g/mol. The molecule has 0 heterocycles. The van der Waals surface area contributed by atoms with Crippen LogP contribution >= 0.6 is 10.2 Å². The minimum absolute atomic E-state index is 0.0483. The molecule has 0 aromatic heterocycles. The van der Waals surface area contributed by atoms with Crippen molar-refractivity contribution in [3.05, 3.63) is 29.8 Å². The van der Waals surface area contributed by atoms with Crippen LogP contribution in [-0.4, -0.2) is 28.8 Å². The van der Waals surface area contributed by atoms with Gasteiger partial charge in [0.1, 0.15) is 16.5 Å². The Bertz CT molecular complexity index is 683. The summed E-state index contributed by atoms with van der Waals surface area (Å²) in [6.07, 6.45) is -1.17. The third kappa shape index (κ3) is 7.46. The van der Waals surface area contributed by atoms with E-state index >= 15 is 0 Å². The first kappa shape index (κ1) is 22.0. The second kappa shape index (κ2) is 6.29. The molecule has 0 fully saturated rings. The Balaban J connectivity index is 2.76. The summed E-state index contributed by atoms with van der Waals surface area (Å²) in [6.45, 7) is 4.76. The first-order chi connectivity index (χ1) is 11.4. The molecule has 1 rings (SSSR count). The zero-order valence-electron chi connectivity index (χ0n) is 14.3. The highest BCUT2D eigenvalue weighted by molar-refractivity contribution is 8.45. The lowest BCUT2D eigenvalue weighted by atomic mass is 10.1. The molecule has 150 valence electrons. The molecule has 1 amide bonds. The number of ether oxygens (including phenoxy) is 1. The summed E-state index contributed by atoms with van der Waals surface area (Å²) in [4.78, 5) is 20.8. The van der Waals surface area contributed by atoms with Crippen LogP contribution in [0.2, 0.25) is 0 Å². The number of amides is 1. The Morgan fingerprint density at radius 1 is 1.12 bits per heavy atom. The molecule has 0 aliphatic heterocycles. The molecule has 0 aliphatic carbocycles. The second-order valence-corrected chi connectivity index (χ2v) is 9.10. The van der Waals surface area contributed by atoms with E-state index in [2.05, 4.69) is 5.32 Å². The van der Waals surface area contributed by atoms with Crippen molar-refractivity contribution in [3.8, 4) is 0 Å². The van der Waals surface area contributed by atoms with E-state index in [4.69, 9.17) is 9.84 Å². The summed E-state index contributed by atoms with van der Waals surface area (Å²) in [5.74, 6) is -1.36. The molecule has 11 heteroatoms. The molecule has 2 N–H and O–H groups in total. The fraction of sp³-hybridized carbons (Fsp3) is 0.467. The smallest absolute Gasteiger partial charge is 0.408 e. The largest absolute Gasteiger partial charge is 0.480 e. The quantitative estimate of drug-likeness (QED) is 0.634. The fourth-order valence-corrected chi connectivity index (χ4v) is 2.58. The molecule has 0 aliphatic rings. The number of benzene rings is 1. The standard InChI is InChI=1S/C15H20F5NO4S/c1-15(2,3)25-14(24)21-12(13(22)23)9-6-10-4-7-11(8-5-10)26(16,17,18,19)20/h4-5,7-8,12H,6,9H2,1-3H3,(H,21,24)(H,22,23). The van der Waals surface area contributed by atoms with Crippen LogP contribution in [0.5, 0.6) is 0 Å². The molecular formula is C15H20F5NO4S. The van der Waals surface area contributed by atoms with Gasteiger partial charge in [-0.2, -0.15) is 0 Å². The van der Waals surface area contributed by atoms with E-state index in [1.54, 1.807) is 20.8 Å².